The Bertz CT molecular complexity index is 1020. The molecule has 0 spiro atoms. The smallest absolute Gasteiger partial charge is 0.252 e. The van der Waals surface area contributed by atoms with Crippen LogP contribution < -0.4 is 10.0 Å². The molecule has 0 radical (unpaired) electrons. The standard InChI is InChI=1S/C20H28N4O4S/c1-13-8-9-15(29(26,27)24-19(3,4)5)12-16(13)17(25)22-20(10-6-7-11-20)18-21-14(2)28-23-18/h8-9,12,24H,6-7,10-11H2,1-5H3,(H,22,25). The van der Waals surface area contributed by atoms with Gasteiger partial charge in [0.25, 0.3) is 5.91 Å². The molecule has 29 heavy (non-hydrogen) atoms. The Morgan fingerprint density at radius 1 is 1.17 bits per heavy atom. The highest BCUT2D eigenvalue weighted by Gasteiger charge is 2.41. The first-order valence-corrected chi connectivity index (χ1v) is 11.2. The van der Waals surface area contributed by atoms with E-state index in [1.54, 1.807) is 40.7 Å². The predicted octanol–water partition coefficient (Wildman–Crippen LogP) is 2.96. The van der Waals surface area contributed by atoms with E-state index in [0.717, 1.165) is 12.8 Å². The Morgan fingerprint density at radius 3 is 2.38 bits per heavy atom. The summed E-state index contributed by atoms with van der Waals surface area (Å²) >= 11 is 0. The van der Waals surface area contributed by atoms with Crippen molar-refractivity contribution in [2.75, 3.05) is 0 Å². The third-order valence-corrected chi connectivity index (χ3v) is 6.73. The minimum atomic E-state index is -3.75. The van der Waals surface area contributed by atoms with Gasteiger partial charge in [0.05, 0.1) is 4.90 Å². The normalized spacial score (nSPS) is 16.7. The summed E-state index contributed by atoms with van der Waals surface area (Å²) < 4.78 is 33.1. The maximum atomic E-state index is 13.2. The number of nitrogens with one attached hydrogen (secondary N) is 2. The van der Waals surface area contributed by atoms with E-state index >= 15 is 0 Å². The monoisotopic (exact) mass is 420 g/mol. The lowest BCUT2D eigenvalue weighted by molar-refractivity contribution is 0.0891. The van der Waals surface area contributed by atoms with E-state index in [0.29, 0.717) is 35.7 Å². The maximum absolute atomic E-state index is 13.2. The van der Waals surface area contributed by atoms with Gasteiger partial charge in [-0.05, 0) is 58.2 Å². The lowest BCUT2D eigenvalue weighted by atomic mass is 9.95. The number of aryl methyl sites for hydroxylation is 2. The molecule has 1 aromatic heterocycles. The van der Waals surface area contributed by atoms with Crippen LogP contribution in [0.2, 0.25) is 0 Å². The number of nitrogens with zero attached hydrogens (tertiary/aromatic N) is 2. The predicted molar refractivity (Wildman–Crippen MR) is 108 cm³/mol. The van der Waals surface area contributed by atoms with Gasteiger partial charge >= 0.3 is 0 Å². The van der Waals surface area contributed by atoms with Gasteiger partial charge in [-0.25, -0.2) is 13.1 Å². The Kier molecular flexibility index (Phi) is 5.57. The summed E-state index contributed by atoms with van der Waals surface area (Å²) in [4.78, 5) is 17.5. The van der Waals surface area contributed by atoms with Gasteiger partial charge in [0.1, 0.15) is 5.54 Å². The van der Waals surface area contributed by atoms with Crippen LogP contribution in [0.4, 0.5) is 0 Å². The van der Waals surface area contributed by atoms with Gasteiger partial charge in [0.2, 0.25) is 15.9 Å². The molecule has 1 aromatic carbocycles. The summed E-state index contributed by atoms with van der Waals surface area (Å²) in [6.45, 7) is 8.79. The first-order chi connectivity index (χ1) is 13.4. The maximum Gasteiger partial charge on any atom is 0.252 e. The van der Waals surface area contributed by atoms with Crippen molar-refractivity contribution >= 4 is 15.9 Å². The number of carbonyl (C=O) groups excluding carboxylic acids is 1. The van der Waals surface area contributed by atoms with E-state index in [-0.39, 0.29) is 10.8 Å². The van der Waals surface area contributed by atoms with E-state index in [2.05, 4.69) is 20.2 Å². The number of carbonyl (C=O) groups is 1. The molecule has 2 aromatic rings. The fraction of sp³-hybridized carbons (Fsp3) is 0.550. The van der Waals surface area contributed by atoms with Gasteiger partial charge < -0.3 is 9.84 Å². The molecule has 0 atom stereocenters. The molecule has 1 aliphatic carbocycles. The fourth-order valence-corrected chi connectivity index (χ4v) is 5.08. The largest absolute Gasteiger partial charge is 0.340 e. The van der Waals surface area contributed by atoms with Crippen molar-refractivity contribution in [2.45, 2.75) is 76.3 Å². The van der Waals surface area contributed by atoms with Crippen LogP contribution in [-0.2, 0) is 15.6 Å². The third-order valence-electron chi connectivity index (χ3n) is 4.97. The second-order valence-electron chi connectivity index (χ2n) is 8.71. The molecular weight excluding hydrogens is 392 g/mol. The van der Waals surface area contributed by atoms with E-state index in [1.807, 2.05) is 0 Å². The van der Waals surface area contributed by atoms with E-state index in [9.17, 15) is 13.2 Å². The van der Waals surface area contributed by atoms with Gasteiger partial charge in [-0.3, -0.25) is 4.79 Å². The molecule has 1 saturated carbocycles. The van der Waals surface area contributed by atoms with Crippen LogP contribution in [0.3, 0.4) is 0 Å². The van der Waals surface area contributed by atoms with Gasteiger partial charge in [0.15, 0.2) is 5.82 Å². The van der Waals surface area contributed by atoms with Crippen molar-refractivity contribution in [3.05, 3.63) is 41.0 Å². The lowest BCUT2D eigenvalue weighted by Gasteiger charge is -2.27. The summed E-state index contributed by atoms with van der Waals surface area (Å²) in [5.41, 5.74) is -0.320. The summed E-state index contributed by atoms with van der Waals surface area (Å²) in [6.07, 6.45) is 3.30. The van der Waals surface area contributed by atoms with Crippen LogP contribution in [0.15, 0.2) is 27.6 Å². The van der Waals surface area contributed by atoms with E-state index in [4.69, 9.17) is 4.52 Å². The van der Waals surface area contributed by atoms with Crippen LogP contribution in [0.1, 0.15) is 74.1 Å². The van der Waals surface area contributed by atoms with Crippen LogP contribution >= 0.6 is 0 Å². The van der Waals surface area contributed by atoms with Crippen molar-refractivity contribution < 1.29 is 17.7 Å². The Balaban J connectivity index is 1.93. The molecule has 3 rings (SSSR count). The molecule has 1 heterocycles. The number of rotatable bonds is 5. The van der Waals surface area contributed by atoms with Crippen LogP contribution in [0.25, 0.3) is 0 Å². The van der Waals surface area contributed by atoms with Gasteiger partial charge in [-0.2, -0.15) is 4.98 Å². The van der Waals surface area contributed by atoms with Gasteiger partial charge in [-0.1, -0.05) is 24.1 Å². The number of amides is 1. The molecule has 0 saturated heterocycles. The molecule has 1 fully saturated rings. The highest BCUT2D eigenvalue weighted by atomic mass is 32.2. The van der Waals surface area contributed by atoms with Crippen molar-refractivity contribution in [1.29, 1.82) is 0 Å². The van der Waals surface area contributed by atoms with E-state index < -0.39 is 21.1 Å². The van der Waals surface area contributed by atoms with Crippen molar-refractivity contribution in [1.82, 2.24) is 20.2 Å². The van der Waals surface area contributed by atoms with E-state index in [1.165, 1.54) is 12.1 Å². The van der Waals surface area contributed by atoms with Gasteiger partial charge in [0, 0.05) is 18.0 Å². The highest BCUT2D eigenvalue weighted by molar-refractivity contribution is 7.89. The lowest BCUT2D eigenvalue weighted by Crippen LogP contribution is -2.45. The first kappa shape index (κ1) is 21.4. The number of sulfonamides is 1. The molecule has 2 N–H and O–H groups in total. The topological polar surface area (TPSA) is 114 Å². The average Bonchev–Trinajstić information content (AvgIpc) is 3.22. The van der Waals surface area contributed by atoms with Gasteiger partial charge in [-0.15, -0.1) is 0 Å². The summed E-state index contributed by atoms with van der Waals surface area (Å²) in [7, 11) is -3.75. The summed E-state index contributed by atoms with van der Waals surface area (Å²) in [5.74, 6) is 0.564. The SMILES string of the molecule is Cc1nc(C2(NC(=O)c3cc(S(=O)(=O)NC(C)(C)C)ccc3C)CCCC2)no1. The number of aromatic nitrogens is 2. The van der Waals surface area contributed by atoms with Crippen LogP contribution in [0.5, 0.6) is 0 Å². The molecule has 0 aliphatic heterocycles. The molecule has 1 aliphatic rings. The summed E-state index contributed by atoms with van der Waals surface area (Å²) in [6, 6.07) is 4.57. The zero-order valence-electron chi connectivity index (χ0n) is 17.5. The average molecular weight is 421 g/mol. The fourth-order valence-electron chi connectivity index (χ4n) is 3.64. The second kappa shape index (κ2) is 7.53. The Morgan fingerprint density at radius 2 is 1.83 bits per heavy atom. The first-order valence-electron chi connectivity index (χ1n) is 9.70. The van der Waals surface area contributed by atoms with Crippen molar-refractivity contribution in [3.8, 4) is 0 Å². The Hall–Kier alpha value is -2.26. The number of hydrogen-bond acceptors (Lipinski definition) is 6. The molecule has 0 unspecified atom stereocenters. The van der Waals surface area contributed by atoms with Crippen molar-refractivity contribution in [3.63, 3.8) is 0 Å². The minimum Gasteiger partial charge on any atom is -0.340 e. The molecule has 8 nitrogen and oxygen atoms in total. The zero-order valence-corrected chi connectivity index (χ0v) is 18.3. The molecule has 9 heteroatoms. The quantitative estimate of drug-likeness (QED) is 0.769. The second-order valence-corrected chi connectivity index (χ2v) is 10.4. The minimum absolute atomic E-state index is 0.0547. The number of hydrogen-bond donors (Lipinski definition) is 2. The zero-order chi connectivity index (χ0) is 21.4. The van der Waals surface area contributed by atoms with Crippen LogP contribution in [-0.4, -0.2) is 30.0 Å². The number of benzene rings is 1. The molecular formula is C20H28N4O4S. The molecule has 1 amide bonds. The Labute approximate surface area is 171 Å². The molecule has 0 bridgehead atoms. The highest BCUT2D eigenvalue weighted by Crippen LogP contribution is 2.37. The molecule has 158 valence electrons. The van der Waals surface area contributed by atoms with Crippen LogP contribution in [0, 0.1) is 13.8 Å². The van der Waals surface area contributed by atoms with Crippen molar-refractivity contribution in [2.24, 2.45) is 0 Å². The summed E-state index contributed by atoms with van der Waals surface area (Å²) in [5, 5.41) is 7.10. The third kappa shape index (κ3) is 4.67.